The van der Waals surface area contributed by atoms with Crippen LogP contribution in [0, 0.1) is 0 Å². The number of hydrogen-bond donors (Lipinski definition) is 4. The van der Waals surface area contributed by atoms with Gasteiger partial charge in [-0.05, 0) is 36.8 Å². The van der Waals surface area contributed by atoms with E-state index < -0.39 is 0 Å². The van der Waals surface area contributed by atoms with Crippen molar-refractivity contribution in [3.63, 3.8) is 0 Å². The Morgan fingerprint density at radius 1 is 1.11 bits per heavy atom. The number of anilines is 1. The predicted molar refractivity (Wildman–Crippen MR) is 74.2 cm³/mol. The van der Waals surface area contributed by atoms with Crippen LogP contribution in [-0.2, 0) is 6.61 Å². The van der Waals surface area contributed by atoms with Crippen molar-refractivity contribution in [1.82, 2.24) is 0 Å². The fraction of sp³-hybridized carbons (Fsp3) is 0.200. The quantitative estimate of drug-likeness (QED) is 0.681. The highest BCUT2D eigenvalue weighted by atomic mass is 16.3. The van der Waals surface area contributed by atoms with Crippen LogP contribution in [0.5, 0.6) is 11.5 Å². The van der Waals surface area contributed by atoms with E-state index in [2.05, 4.69) is 5.32 Å². The molecule has 1 unspecified atom stereocenters. The minimum atomic E-state index is -0.116. The average molecular weight is 259 g/mol. The van der Waals surface area contributed by atoms with Crippen LogP contribution >= 0.6 is 0 Å². The summed E-state index contributed by atoms with van der Waals surface area (Å²) in [5.41, 5.74) is 2.39. The Balaban J connectivity index is 2.17. The Labute approximate surface area is 112 Å². The number of aliphatic hydroxyl groups excluding tert-OH is 1. The number of rotatable bonds is 4. The molecule has 2 aromatic rings. The second kappa shape index (κ2) is 5.63. The molecule has 0 bridgehead atoms. The lowest BCUT2D eigenvalue weighted by atomic mass is 10.1. The highest BCUT2D eigenvalue weighted by Crippen LogP contribution is 2.30. The van der Waals surface area contributed by atoms with Crippen molar-refractivity contribution in [3.05, 3.63) is 53.6 Å². The Morgan fingerprint density at radius 2 is 1.89 bits per heavy atom. The molecule has 0 heterocycles. The molecule has 2 rings (SSSR count). The fourth-order valence-corrected chi connectivity index (χ4v) is 1.99. The number of nitrogens with one attached hydrogen (secondary N) is 1. The summed E-state index contributed by atoms with van der Waals surface area (Å²) in [7, 11) is 0. The standard InChI is InChI=1S/C15H17NO3/c1-10(14-6-5-13(18)8-15(14)19)16-12-4-2-3-11(7-12)9-17/h2-8,10,16-19H,9H2,1H3. The van der Waals surface area contributed by atoms with Gasteiger partial charge in [0.1, 0.15) is 11.5 Å². The third-order valence-corrected chi connectivity index (χ3v) is 2.97. The molecule has 0 aromatic heterocycles. The molecule has 0 saturated heterocycles. The third kappa shape index (κ3) is 3.17. The lowest BCUT2D eigenvalue weighted by Gasteiger charge is -2.17. The van der Waals surface area contributed by atoms with Gasteiger partial charge in [-0.1, -0.05) is 12.1 Å². The molecule has 4 heteroatoms. The summed E-state index contributed by atoms with van der Waals surface area (Å²) in [4.78, 5) is 0. The van der Waals surface area contributed by atoms with Gasteiger partial charge in [0.05, 0.1) is 12.6 Å². The van der Waals surface area contributed by atoms with Crippen LogP contribution in [0.4, 0.5) is 5.69 Å². The molecule has 0 aliphatic rings. The molecule has 0 spiro atoms. The molecule has 0 aliphatic heterocycles. The van der Waals surface area contributed by atoms with Gasteiger partial charge in [-0.15, -0.1) is 0 Å². The fourth-order valence-electron chi connectivity index (χ4n) is 1.99. The molecule has 4 N–H and O–H groups in total. The van der Waals surface area contributed by atoms with Gasteiger partial charge in [-0.2, -0.15) is 0 Å². The number of phenols is 2. The first-order valence-electron chi connectivity index (χ1n) is 6.08. The first kappa shape index (κ1) is 13.2. The molecule has 0 radical (unpaired) electrons. The summed E-state index contributed by atoms with van der Waals surface area (Å²) < 4.78 is 0. The van der Waals surface area contributed by atoms with Crippen LogP contribution in [0.2, 0.25) is 0 Å². The smallest absolute Gasteiger partial charge is 0.124 e. The van der Waals surface area contributed by atoms with Gasteiger partial charge in [0.15, 0.2) is 0 Å². The maximum absolute atomic E-state index is 9.80. The minimum absolute atomic E-state index is 0.00559. The van der Waals surface area contributed by atoms with Gasteiger partial charge in [-0.3, -0.25) is 0 Å². The van der Waals surface area contributed by atoms with E-state index in [1.165, 1.54) is 12.1 Å². The Bertz CT molecular complexity index is 569. The van der Waals surface area contributed by atoms with Crippen molar-refractivity contribution in [2.24, 2.45) is 0 Å². The Morgan fingerprint density at radius 3 is 2.58 bits per heavy atom. The highest BCUT2D eigenvalue weighted by Gasteiger charge is 2.10. The largest absolute Gasteiger partial charge is 0.508 e. The summed E-state index contributed by atoms with van der Waals surface area (Å²) in [5, 5.41) is 31.4. The van der Waals surface area contributed by atoms with E-state index in [4.69, 9.17) is 5.11 Å². The maximum atomic E-state index is 9.80. The van der Waals surface area contributed by atoms with Gasteiger partial charge >= 0.3 is 0 Å². The molecule has 100 valence electrons. The van der Waals surface area contributed by atoms with Crippen LogP contribution < -0.4 is 5.32 Å². The van der Waals surface area contributed by atoms with Gasteiger partial charge in [-0.25, -0.2) is 0 Å². The molecule has 0 saturated carbocycles. The zero-order valence-corrected chi connectivity index (χ0v) is 10.7. The van der Waals surface area contributed by atoms with Gasteiger partial charge in [0.25, 0.3) is 0 Å². The van der Waals surface area contributed by atoms with E-state index >= 15 is 0 Å². The van der Waals surface area contributed by atoms with Gasteiger partial charge in [0.2, 0.25) is 0 Å². The van der Waals surface area contributed by atoms with Crippen LogP contribution in [0.1, 0.15) is 24.1 Å². The zero-order chi connectivity index (χ0) is 13.8. The van der Waals surface area contributed by atoms with Crippen LogP contribution in [0.25, 0.3) is 0 Å². The Hall–Kier alpha value is -2.20. The zero-order valence-electron chi connectivity index (χ0n) is 10.7. The van der Waals surface area contributed by atoms with E-state index in [9.17, 15) is 10.2 Å². The molecular formula is C15H17NO3. The number of phenolic OH excluding ortho intramolecular Hbond substituents is 2. The molecule has 19 heavy (non-hydrogen) atoms. The average Bonchev–Trinajstić information content (AvgIpc) is 2.38. The summed E-state index contributed by atoms with van der Waals surface area (Å²) in [5.74, 6) is 0.0917. The van der Waals surface area contributed by atoms with E-state index in [0.29, 0.717) is 5.56 Å². The highest BCUT2D eigenvalue weighted by molar-refractivity contribution is 5.50. The van der Waals surface area contributed by atoms with Crippen molar-refractivity contribution < 1.29 is 15.3 Å². The summed E-state index contributed by atoms with van der Waals surface area (Å²) >= 11 is 0. The summed E-state index contributed by atoms with van der Waals surface area (Å²) in [6, 6.07) is 11.9. The molecule has 0 aliphatic carbocycles. The maximum Gasteiger partial charge on any atom is 0.124 e. The van der Waals surface area contributed by atoms with Gasteiger partial charge < -0.3 is 20.6 Å². The molecule has 0 fully saturated rings. The van der Waals surface area contributed by atoms with Crippen molar-refractivity contribution in [3.8, 4) is 11.5 Å². The normalized spacial score (nSPS) is 12.1. The van der Waals surface area contributed by atoms with Crippen LogP contribution in [0.3, 0.4) is 0 Å². The van der Waals surface area contributed by atoms with E-state index in [-0.39, 0.29) is 24.1 Å². The van der Waals surface area contributed by atoms with E-state index in [1.54, 1.807) is 6.07 Å². The topological polar surface area (TPSA) is 72.7 Å². The van der Waals surface area contributed by atoms with Crippen LogP contribution in [0.15, 0.2) is 42.5 Å². The van der Waals surface area contributed by atoms with Crippen molar-refractivity contribution in [2.45, 2.75) is 19.6 Å². The molecule has 2 aromatic carbocycles. The second-order valence-electron chi connectivity index (χ2n) is 4.47. The molecule has 0 amide bonds. The van der Waals surface area contributed by atoms with E-state index in [1.807, 2.05) is 31.2 Å². The second-order valence-corrected chi connectivity index (χ2v) is 4.47. The SMILES string of the molecule is CC(Nc1cccc(CO)c1)c1ccc(O)cc1O. The Kier molecular flexibility index (Phi) is 3.92. The number of aromatic hydroxyl groups is 2. The van der Waals surface area contributed by atoms with Crippen molar-refractivity contribution >= 4 is 5.69 Å². The van der Waals surface area contributed by atoms with Gasteiger partial charge in [0, 0.05) is 17.3 Å². The third-order valence-electron chi connectivity index (χ3n) is 2.97. The summed E-state index contributed by atoms with van der Waals surface area (Å²) in [6.45, 7) is 1.91. The molecule has 1 atom stereocenters. The molecule has 4 nitrogen and oxygen atoms in total. The monoisotopic (exact) mass is 259 g/mol. The number of hydrogen-bond acceptors (Lipinski definition) is 4. The number of benzene rings is 2. The lowest BCUT2D eigenvalue weighted by Crippen LogP contribution is -2.07. The first-order valence-corrected chi connectivity index (χ1v) is 6.08. The number of aliphatic hydroxyl groups is 1. The van der Waals surface area contributed by atoms with Crippen molar-refractivity contribution in [2.75, 3.05) is 5.32 Å². The molecular weight excluding hydrogens is 242 g/mol. The first-order chi connectivity index (χ1) is 9.10. The van der Waals surface area contributed by atoms with E-state index in [0.717, 1.165) is 11.3 Å². The predicted octanol–water partition coefficient (Wildman–Crippen LogP) is 2.76. The lowest BCUT2D eigenvalue weighted by molar-refractivity contribution is 0.282. The van der Waals surface area contributed by atoms with Crippen LogP contribution in [-0.4, -0.2) is 15.3 Å². The minimum Gasteiger partial charge on any atom is -0.508 e. The summed E-state index contributed by atoms with van der Waals surface area (Å²) in [6.07, 6.45) is 0. The van der Waals surface area contributed by atoms with Crippen molar-refractivity contribution in [1.29, 1.82) is 0 Å².